The molecule has 3 aromatic rings. The first-order chi connectivity index (χ1) is 19.1. The average Bonchev–Trinajstić information content (AvgIpc) is 2.94. The van der Waals surface area contributed by atoms with Crippen LogP contribution in [0.5, 0.6) is 5.75 Å². The van der Waals surface area contributed by atoms with Crippen molar-refractivity contribution in [3.05, 3.63) is 65.4 Å². The molecule has 0 amide bonds. The van der Waals surface area contributed by atoms with Crippen LogP contribution in [-0.2, 0) is 13.0 Å². The third kappa shape index (κ3) is 6.25. The van der Waals surface area contributed by atoms with E-state index in [0.717, 1.165) is 56.4 Å². The van der Waals surface area contributed by atoms with Gasteiger partial charge in [0.2, 0.25) is 0 Å². The Labute approximate surface area is 235 Å². The van der Waals surface area contributed by atoms with Crippen LogP contribution in [0.3, 0.4) is 0 Å². The zero-order valence-electron chi connectivity index (χ0n) is 23.8. The lowest BCUT2D eigenvalue weighted by Crippen LogP contribution is -2.41. The molecule has 2 aromatic heterocycles. The number of pyridine rings is 1. The maximum absolute atomic E-state index is 15.1. The second-order valence-electron chi connectivity index (χ2n) is 11.6. The molecule has 1 unspecified atom stereocenters. The fraction of sp³-hybridized carbons (Fsp3) is 0.516. The molecule has 9 heteroatoms. The fourth-order valence-electron chi connectivity index (χ4n) is 5.68. The van der Waals surface area contributed by atoms with Gasteiger partial charge in [0.25, 0.3) is 0 Å². The van der Waals surface area contributed by atoms with Crippen LogP contribution < -0.4 is 9.64 Å². The van der Waals surface area contributed by atoms with Crippen molar-refractivity contribution in [1.82, 2.24) is 19.9 Å². The summed E-state index contributed by atoms with van der Waals surface area (Å²) in [6.07, 6.45) is 6.20. The van der Waals surface area contributed by atoms with Gasteiger partial charge in [-0.15, -0.1) is 0 Å². The van der Waals surface area contributed by atoms with Gasteiger partial charge in [0.1, 0.15) is 18.1 Å². The highest BCUT2D eigenvalue weighted by molar-refractivity contribution is 5.72. The van der Waals surface area contributed by atoms with Gasteiger partial charge < -0.3 is 14.7 Å². The standard InChI is InChI=1S/C31H39F2N5O2/c1-5-20(2)38-12-13-40-30-25(32)14-22(15-27(30)38)29-26(33)18-35-28(36-29)16-24-7-6-21(17-34-24)19-37-10-8-23(9-11-37)31(3,4)39/h6-7,14-15,17-18,20,23,39H,5,8-13,16,19H2,1-4H3. The Hall–Kier alpha value is -3.17. The highest BCUT2D eigenvalue weighted by Crippen LogP contribution is 2.39. The number of benzene rings is 1. The van der Waals surface area contributed by atoms with Crippen molar-refractivity contribution in [3.8, 4) is 17.0 Å². The van der Waals surface area contributed by atoms with Crippen LogP contribution >= 0.6 is 0 Å². The maximum atomic E-state index is 15.1. The second kappa shape index (κ2) is 11.7. The Balaban J connectivity index is 1.29. The molecule has 0 radical (unpaired) electrons. The maximum Gasteiger partial charge on any atom is 0.178 e. The van der Waals surface area contributed by atoms with Crippen molar-refractivity contribution < 1.29 is 18.6 Å². The van der Waals surface area contributed by atoms with Crippen molar-refractivity contribution in [2.45, 2.75) is 71.6 Å². The normalized spacial score (nSPS) is 17.4. The Bertz CT molecular complexity index is 1320. The van der Waals surface area contributed by atoms with Gasteiger partial charge in [-0.25, -0.2) is 18.7 Å². The second-order valence-corrected chi connectivity index (χ2v) is 11.6. The van der Waals surface area contributed by atoms with Crippen LogP contribution in [-0.4, -0.2) is 62.8 Å². The van der Waals surface area contributed by atoms with E-state index in [9.17, 15) is 9.50 Å². The van der Waals surface area contributed by atoms with Crippen molar-refractivity contribution in [1.29, 1.82) is 0 Å². The zero-order valence-corrected chi connectivity index (χ0v) is 23.8. The lowest BCUT2D eigenvalue weighted by Gasteiger charge is -2.37. The summed E-state index contributed by atoms with van der Waals surface area (Å²) >= 11 is 0. The van der Waals surface area contributed by atoms with Gasteiger partial charge >= 0.3 is 0 Å². The summed E-state index contributed by atoms with van der Waals surface area (Å²) in [5, 5.41) is 10.3. The molecule has 1 atom stereocenters. The summed E-state index contributed by atoms with van der Waals surface area (Å²) in [6, 6.07) is 7.24. The summed E-state index contributed by atoms with van der Waals surface area (Å²) in [4.78, 5) is 17.8. The molecule has 5 rings (SSSR count). The number of ether oxygens (including phenoxy) is 1. The molecule has 1 fully saturated rings. The van der Waals surface area contributed by atoms with Crippen molar-refractivity contribution in [2.24, 2.45) is 5.92 Å². The van der Waals surface area contributed by atoms with Gasteiger partial charge in [0, 0.05) is 30.0 Å². The van der Waals surface area contributed by atoms with Crippen LogP contribution in [0.1, 0.15) is 64.0 Å². The lowest BCUT2D eigenvalue weighted by molar-refractivity contribution is -0.0136. The average molecular weight is 552 g/mol. The number of hydrogen-bond donors (Lipinski definition) is 1. The number of aromatic nitrogens is 3. The molecule has 4 heterocycles. The van der Waals surface area contributed by atoms with Crippen molar-refractivity contribution >= 4 is 5.69 Å². The number of aliphatic hydroxyl groups is 1. The minimum atomic E-state index is -0.631. The molecule has 2 aliphatic rings. The molecule has 1 aromatic carbocycles. The molecule has 0 spiro atoms. The van der Waals surface area contributed by atoms with E-state index in [4.69, 9.17) is 4.74 Å². The molecule has 7 nitrogen and oxygen atoms in total. The molecular formula is C31H39F2N5O2. The summed E-state index contributed by atoms with van der Waals surface area (Å²) in [5.74, 6) is -0.183. The van der Waals surface area contributed by atoms with Gasteiger partial charge in [0.05, 0.1) is 30.5 Å². The highest BCUT2D eigenvalue weighted by atomic mass is 19.1. The van der Waals surface area contributed by atoms with E-state index < -0.39 is 17.2 Å². The number of hydrogen-bond acceptors (Lipinski definition) is 7. The summed E-state index contributed by atoms with van der Waals surface area (Å²) < 4.78 is 35.6. The SMILES string of the molecule is CCC(C)N1CCOc2c(F)cc(-c3nc(Cc4ccc(CN5CCC(C(C)(C)O)CC5)cn4)ncc3F)cc21. The minimum Gasteiger partial charge on any atom is -0.486 e. The van der Waals surface area contributed by atoms with E-state index in [1.165, 1.54) is 6.07 Å². The molecule has 0 bridgehead atoms. The van der Waals surface area contributed by atoms with E-state index in [0.29, 0.717) is 42.6 Å². The third-order valence-electron chi connectivity index (χ3n) is 8.32. The number of anilines is 1. The largest absolute Gasteiger partial charge is 0.486 e. The molecule has 214 valence electrons. The first kappa shape index (κ1) is 28.4. The summed E-state index contributed by atoms with van der Waals surface area (Å²) in [7, 11) is 0. The number of fused-ring (bicyclic) bond motifs is 1. The Morgan fingerprint density at radius 3 is 2.52 bits per heavy atom. The first-order valence-corrected chi connectivity index (χ1v) is 14.3. The molecule has 0 aliphatic carbocycles. The van der Waals surface area contributed by atoms with Crippen LogP contribution in [0.4, 0.5) is 14.5 Å². The minimum absolute atomic E-state index is 0.0625. The van der Waals surface area contributed by atoms with Crippen LogP contribution in [0.25, 0.3) is 11.3 Å². The lowest BCUT2D eigenvalue weighted by atomic mass is 9.83. The molecule has 2 aliphatic heterocycles. The molecular weight excluding hydrogens is 512 g/mol. The fourth-order valence-corrected chi connectivity index (χ4v) is 5.68. The van der Waals surface area contributed by atoms with Gasteiger partial charge in [-0.1, -0.05) is 13.0 Å². The molecule has 1 saturated heterocycles. The van der Waals surface area contributed by atoms with E-state index in [1.807, 2.05) is 26.1 Å². The quantitative estimate of drug-likeness (QED) is 0.403. The Morgan fingerprint density at radius 2 is 1.85 bits per heavy atom. The smallest absolute Gasteiger partial charge is 0.178 e. The van der Waals surface area contributed by atoms with Gasteiger partial charge in [-0.05, 0) is 82.8 Å². The predicted molar refractivity (Wildman–Crippen MR) is 151 cm³/mol. The monoisotopic (exact) mass is 551 g/mol. The zero-order chi connectivity index (χ0) is 28.4. The Morgan fingerprint density at radius 1 is 1.07 bits per heavy atom. The Kier molecular flexibility index (Phi) is 8.33. The number of likely N-dealkylation sites (tertiary alicyclic amines) is 1. The van der Waals surface area contributed by atoms with E-state index in [-0.39, 0.29) is 17.5 Å². The van der Waals surface area contributed by atoms with Gasteiger partial charge in [-0.3, -0.25) is 9.88 Å². The van der Waals surface area contributed by atoms with Crippen molar-refractivity contribution in [2.75, 3.05) is 31.1 Å². The van der Waals surface area contributed by atoms with Gasteiger partial charge in [-0.2, -0.15) is 0 Å². The topological polar surface area (TPSA) is 74.6 Å². The molecule has 1 N–H and O–H groups in total. The summed E-state index contributed by atoms with van der Waals surface area (Å²) in [6.45, 7) is 11.7. The van der Waals surface area contributed by atoms with Crippen LogP contribution in [0.2, 0.25) is 0 Å². The third-order valence-corrected chi connectivity index (χ3v) is 8.32. The number of halogens is 2. The van der Waals surface area contributed by atoms with E-state index in [1.54, 1.807) is 6.07 Å². The van der Waals surface area contributed by atoms with Crippen LogP contribution in [0.15, 0.2) is 36.7 Å². The highest BCUT2D eigenvalue weighted by Gasteiger charge is 2.30. The summed E-state index contributed by atoms with van der Waals surface area (Å²) in [5.41, 5.74) is 2.30. The number of rotatable bonds is 8. The molecule has 0 saturated carbocycles. The van der Waals surface area contributed by atoms with Crippen LogP contribution in [0, 0.1) is 17.6 Å². The van der Waals surface area contributed by atoms with E-state index in [2.05, 4.69) is 44.7 Å². The van der Waals surface area contributed by atoms with E-state index >= 15 is 4.39 Å². The van der Waals surface area contributed by atoms with Crippen molar-refractivity contribution in [3.63, 3.8) is 0 Å². The predicted octanol–water partition coefficient (Wildman–Crippen LogP) is 5.39. The van der Waals surface area contributed by atoms with Gasteiger partial charge in [0.15, 0.2) is 17.4 Å². The molecule has 40 heavy (non-hydrogen) atoms. The number of nitrogens with zero attached hydrogens (tertiary/aromatic N) is 5. The number of piperidine rings is 1. The first-order valence-electron chi connectivity index (χ1n) is 14.3.